The third-order valence-corrected chi connectivity index (χ3v) is 7.63. The van der Waals surface area contributed by atoms with Gasteiger partial charge in [0.1, 0.15) is 0 Å². The predicted molar refractivity (Wildman–Crippen MR) is 143 cm³/mol. The second kappa shape index (κ2) is 13.7. The average Bonchev–Trinajstić information content (AvgIpc) is 2.85. The first-order chi connectivity index (χ1) is 17.3. The summed E-state index contributed by atoms with van der Waals surface area (Å²) in [5.74, 6) is -2.95. The Morgan fingerprint density at radius 1 is 0.946 bits per heavy atom. The van der Waals surface area contributed by atoms with Gasteiger partial charge in [-0.2, -0.15) is 0 Å². The molecule has 0 aliphatic heterocycles. The van der Waals surface area contributed by atoms with Crippen molar-refractivity contribution in [1.29, 1.82) is 0 Å². The summed E-state index contributed by atoms with van der Waals surface area (Å²) in [6.45, 7) is 10.9. The number of hydrogen-bond acceptors (Lipinski definition) is 6. The van der Waals surface area contributed by atoms with Crippen LogP contribution in [0.1, 0.15) is 103 Å². The maximum Gasteiger partial charge on any atom is 0.224 e. The minimum absolute atomic E-state index is 0.00301. The Hall–Kier alpha value is -2.70. The largest absolute Gasteiger partial charge is 0.346 e. The lowest BCUT2D eigenvalue weighted by Crippen LogP contribution is -2.46. The van der Waals surface area contributed by atoms with Gasteiger partial charge in [0.05, 0.1) is 12.0 Å². The van der Waals surface area contributed by atoms with E-state index in [4.69, 9.17) is 0 Å². The Bertz CT molecular complexity index is 958. The molecule has 1 aromatic rings. The molecule has 1 aliphatic rings. The third kappa shape index (κ3) is 9.28. The fourth-order valence-corrected chi connectivity index (χ4v) is 5.01. The average molecular weight is 513 g/mol. The Morgan fingerprint density at radius 3 is 2.08 bits per heavy atom. The van der Waals surface area contributed by atoms with E-state index in [-0.39, 0.29) is 54.4 Å². The van der Waals surface area contributed by atoms with E-state index in [2.05, 4.69) is 10.3 Å². The number of Topliss-reactive ketones (excluding diaryl/α,β-unsaturated/α-hetero) is 4. The van der Waals surface area contributed by atoms with Crippen molar-refractivity contribution in [1.82, 2.24) is 10.3 Å². The van der Waals surface area contributed by atoms with E-state index in [9.17, 15) is 24.0 Å². The lowest BCUT2D eigenvalue weighted by atomic mass is 9.76. The summed E-state index contributed by atoms with van der Waals surface area (Å²) in [5.41, 5.74) is -0.0327. The number of nitrogens with zero attached hydrogens (tertiary/aromatic N) is 1. The molecule has 0 unspecified atom stereocenters. The highest BCUT2D eigenvalue weighted by atomic mass is 16.2. The van der Waals surface area contributed by atoms with Crippen LogP contribution in [0.3, 0.4) is 0 Å². The van der Waals surface area contributed by atoms with Gasteiger partial charge in [-0.25, -0.2) is 0 Å². The minimum Gasteiger partial charge on any atom is -0.346 e. The molecule has 37 heavy (non-hydrogen) atoms. The van der Waals surface area contributed by atoms with Crippen LogP contribution in [0.25, 0.3) is 0 Å². The maximum atomic E-state index is 13.2. The molecule has 0 saturated heterocycles. The molecule has 0 spiro atoms. The monoisotopic (exact) mass is 512 g/mol. The van der Waals surface area contributed by atoms with Crippen molar-refractivity contribution in [3.8, 4) is 0 Å². The molecule has 1 saturated carbocycles. The zero-order valence-electron chi connectivity index (χ0n) is 23.3. The smallest absolute Gasteiger partial charge is 0.224 e. The van der Waals surface area contributed by atoms with Gasteiger partial charge in [-0.3, -0.25) is 29.0 Å². The first kappa shape index (κ1) is 30.5. The van der Waals surface area contributed by atoms with Crippen LogP contribution in [0, 0.1) is 29.1 Å². The van der Waals surface area contributed by atoms with Crippen LogP contribution in [0.15, 0.2) is 24.5 Å². The van der Waals surface area contributed by atoms with E-state index >= 15 is 0 Å². The van der Waals surface area contributed by atoms with Crippen LogP contribution in [0.4, 0.5) is 0 Å². The van der Waals surface area contributed by atoms with Crippen molar-refractivity contribution in [2.45, 2.75) is 99.0 Å². The van der Waals surface area contributed by atoms with Gasteiger partial charge in [-0.15, -0.1) is 0 Å². The van der Waals surface area contributed by atoms with Crippen LogP contribution in [0.2, 0.25) is 0 Å². The molecule has 1 amide bonds. The van der Waals surface area contributed by atoms with Crippen molar-refractivity contribution >= 4 is 29.0 Å². The molecule has 1 N–H and O–H groups in total. The normalized spacial score (nSPS) is 17.1. The van der Waals surface area contributed by atoms with Gasteiger partial charge in [-0.05, 0) is 36.3 Å². The molecule has 7 nitrogen and oxygen atoms in total. The second-order valence-corrected chi connectivity index (χ2v) is 12.0. The van der Waals surface area contributed by atoms with Crippen LogP contribution in [-0.2, 0) is 19.2 Å². The third-order valence-electron chi connectivity index (χ3n) is 7.63. The fraction of sp³-hybridized carbons (Fsp3) is 0.667. The highest BCUT2D eigenvalue weighted by molar-refractivity contribution is 6.38. The number of ketones is 4. The van der Waals surface area contributed by atoms with E-state index in [1.165, 1.54) is 18.8 Å². The maximum absolute atomic E-state index is 13.2. The summed E-state index contributed by atoms with van der Waals surface area (Å²) < 4.78 is 0. The summed E-state index contributed by atoms with van der Waals surface area (Å²) >= 11 is 0. The van der Waals surface area contributed by atoms with Crippen LogP contribution < -0.4 is 5.32 Å². The van der Waals surface area contributed by atoms with E-state index in [1.54, 1.807) is 19.1 Å². The lowest BCUT2D eigenvalue weighted by molar-refractivity contribution is -0.142. The molecule has 0 radical (unpaired) electrons. The van der Waals surface area contributed by atoms with Crippen molar-refractivity contribution in [3.63, 3.8) is 0 Å². The molecule has 204 valence electrons. The topological polar surface area (TPSA) is 110 Å². The van der Waals surface area contributed by atoms with Gasteiger partial charge in [0.25, 0.3) is 0 Å². The van der Waals surface area contributed by atoms with Crippen molar-refractivity contribution in [2.24, 2.45) is 29.1 Å². The van der Waals surface area contributed by atoms with Crippen molar-refractivity contribution < 1.29 is 24.0 Å². The highest BCUT2D eigenvalue weighted by Crippen LogP contribution is 2.31. The molecule has 0 bridgehead atoms. The number of carbonyl (C=O) groups excluding carboxylic acids is 5. The predicted octanol–water partition coefficient (Wildman–Crippen LogP) is 5.16. The second-order valence-electron chi connectivity index (χ2n) is 12.0. The Kier molecular flexibility index (Phi) is 11.3. The molecule has 7 heteroatoms. The molecule has 2 rings (SSSR count). The molecule has 1 aliphatic carbocycles. The highest BCUT2D eigenvalue weighted by Gasteiger charge is 2.36. The standard InChI is InChI=1S/C30H44N2O5/c1-19(2)23(28(36)27(35)16-21-10-8-7-9-11-21)17-25(33)20(3)32-29(37)24(30(4,5)6)18-26(34)22-12-14-31-15-13-22/h12-15,19-21,23-24H,7-11,16-18H2,1-6H3,(H,32,37)/t20-,23+,24+/m0/s1. The number of rotatable bonds is 13. The summed E-state index contributed by atoms with van der Waals surface area (Å²) in [7, 11) is 0. The zero-order valence-corrected chi connectivity index (χ0v) is 23.3. The Labute approximate surface area is 221 Å². The first-order valence-corrected chi connectivity index (χ1v) is 13.6. The number of carbonyl (C=O) groups is 5. The summed E-state index contributed by atoms with van der Waals surface area (Å²) in [4.78, 5) is 68.7. The zero-order chi connectivity index (χ0) is 27.8. The quantitative estimate of drug-likeness (QED) is 0.289. The van der Waals surface area contributed by atoms with Gasteiger partial charge in [0, 0.05) is 43.1 Å². The lowest BCUT2D eigenvalue weighted by Gasteiger charge is -2.30. The van der Waals surface area contributed by atoms with Crippen molar-refractivity contribution in [3.05, 3.63) is 30.1 Å². The van der Waals surface area contributed by atoms with E-state index in [0.717, 1.165) is 25.7 Å². The van der Waals surface area contributed by atoms with E-state index in [0.29, 0.717) is 5.56 Å². The first-order valence-electron chi connectivity index (χ1n) is 13.6. The Balaban J connectivity index is 2.02. The number of nitrogens with one attached hydrogen (secondary N) is 1. The molecule has 0 aromatic carbocycles. The van der Waals surface area contributed by atoms with Crippen LogP contribution in [-0.4, -0.2) is 40.1 Å². The molecular formula is C30H44N2O5. The Morgan fingerprint density at radius 2 is 1.54 bits per heavy atom. The van der Waals surface area contributed by atoms with E-state index in [1.807, 2.05) is 34.6 Å². The summed E-state index contributed by atoms with van der Waals surface area (Å²) in [6.07, 6.45) is 8.57. The summed E-state index contributed by atoms with van der Waals surface area (Å²) in [5, 5.41) is 2.77. The van der Waals surface area contributed by atoms with Crippen LogP contribution in [0.5, 0.6) is 0 Å². The van der Waals surface area contributed by atoms with E-state index < -0.39 is 29.1 Å². The fourth-order valence-electron chi connectivity index (χ4n) is 5.01. The molecule has 3 atom stereocenters. The molecule has 1 aromatic heterocycles. The summed E-state index contributed by atoms with van der Waals surface area (Å²) in [6, 6.07) is 2.39. The number of hydrogen-bond donors (Lipinski definition) is 1. The van der Waals surface area contributed by atoms with Gasteiger partial charge >= 0.3 is 0 Å². The minimum atomic E-state index is -0.837. The van der Waals surface area contributed by atoms with Gasteiger partial charge in [0.2, 0.25) is 11.7 Å². The molecule has 1 fully saturated rings. The molecule has 1 heterocycles. The number of aromatic nitrogens is 1. The molecular weight excluding hydrogens is 468 g/mol. The van der Waals surface area contributed by atoms with Gasteiger partial charge in [0.15, 0.2) is 17.3 Å². The van der Waals surface area contributed by atoms with Gasteiger partial charge in [-0.1, -0.05) is 66.7 Å². The van der Waals surface area contributed by atoms with Crippen molar-refractivity contribution in [2.75, 3.05) is 0 Å². The van der Waals surface area contributed by atoms with Gasteiger partial charge < -0.3 is 5.32 Å². The van der Waals surface area contributed by atoms with Crippen LogP contribution >= 0.6 is 0 Å². The number of pyridine rings is 1. The number of amides is 1. The SMILES string of the molecule is CC(C)[C@@H](CC(=O)[C@H](C)NC(=O)[C@@H](CC(=O)c1ccncc1)C(C)(C)C)C(=O)C(=O)CC1CCCCC1.